The van der Waals surface area contributed by atoms with E-state index in [-0.39, 0.29) is 0 Å². The summed E-state index contributed by atoms with van der Waals surface area (Å²) in [5.74, 6) is 0.692. The molecule has 1 heterocycles. The number of hydrogen-bond acceptors (Lipinski definition) is 5. The molecule has 0 atom stereocenters. The Hall–Kier alpha value is -1.88. The summed E-state index contributed by atoms with van der Waals surface area (Å²) >= 11 is 0. The highest BCUT2D eigenvalue weighted by molar-refractivity contribution is 5.90. The Bertz CT molecular complexity index is 602. The molecule has 5 heteroatoms. The smallest absolute Gasteiger partial charge is 0.137 e. The van der Waals surface area contributed by atoms with E-state index in [0.717, 1.165) is 10.9 Å². The molecule has 0 aliphatic rings. The van der Waals surface area contributed by atoms with Crippen molar-refractivity contribution in [3.05, 3.63) is 24.5 Å². The number of fused-ring (bicyclic) bond motifs is 1. The van der Waals surface area contributed by atoms with Crippen LogP contribution in [0, 0.1) is 0 Å². The second kappa shape index (κ2) is 4.35. The van der Waals surface area contributed by atoms with Gasteiger partial charge in [-0.2, -0.15) is 0 Å². The molecule has 0 fully saturated rings. The Morgan fingerprint density at radius 2 is 1.84 bits per heavy atom. The van der Waals surface area contributed by atoms with Gasteiger partial charge < -0.3 is 16.2 Å². The van der Waals surface area contributed by atoms with Gasteiger partial charge in [-0.15, -0.1) is 0 Å². The third-order valence-corrected chi connectivity index (χ3v) is 3.62. The normalized spacial score (nSPS) is 12.7. The summed E-state index contributed by atoms with van der Waals surface area (Å²) in [6.45, 7) is 7.39. The largest absolute Gasteiger partial charge is 0.399 e. The fraction of sp³-hybridized carbons (Fsp3) is 0.429. The molecule has 1 aromatic carbocycles. The van der Waals surface area contributed by atoms with Crippen molar-refractivity contribution in [2.45, 2.75) is 38.8 Å². The first-order valence-electron chi connectivity index (χ1n) is 6.21. The van der Waals surface area contributed by atoms with Gasteiger partial charge in [0.1, 0.15) is 12.1 Å². The Kier molecular flexibility index (Phi) is 3.10. The fourth-order valence-corrected chi connectivity index (χ4v) is 1.62. The van der Waals surface area contributed by atoms with E-state index in [2.05, 4.69) is 15.3 Å². The maximum absolute atomic E-state index is 10.2. The van der Waals surface area contributed by atoms with Crippen molar-refractivity contribution in [2.24, 2.45) is 0 Å². The molecule has 0 amide bonds. The predicted octanol–water partition coefficient (Wildman–Crippen LogP) is 2.17. The monoisotopic (exact) mass is 260 g/mol. The van der Waals surface area contributed by atoms with Crippen molar-refractivity contribution in [1.29, 1.82) is 0 Å². The van der Waals surface area contributed by atoms with Gasteiger partial charge >= 0.3 is 0 Å². The van der Waals surface area contributed by atoms with Crippen molar-refractivity contribution in [1.82, 2.24) is 9.97 Å². The van der Waals surface area contributed by atoms with Gasteiger partial charge in [0.15, 0.2) is 0 Å². The Balaban J connectivity index is 2.47. The summed E-state index contributed by atoms with van der Waals surface area (Å²) in [7, 11) is 0. The molecular weight excluding hydrogens is 240 g/mol. The first kappa shape index (κ1) is 13.5. The van der Waals surface area contributed by atoms with E-state index in [1.54, 1.807) is 19.9 Å². The number of anilines is 2. The molecule has 5 nitrogen and oxygen atoms in total. The highest BCUT2D eigenvalue weighted by atomic mass is 16.3. The molecule has 2 aromatic rings. The second-order valence-electron chi connectivity index (χ2n) is 5.81. The van der Waals surface area contributed by atoms with E-state index in [4.69, 9.17) is 5.73 Å². The van der Waals surface area contributed by atoms with Crippen LogP contribution < -0.4 is 11.1 Å². The van der Waals surface area contributed by atoms with Crippen LogP contribution in [-0.4, -0.2) is 26.2 Å². The number of hydrogen-bond donors (Lipinski definition) is 3. The van der Waals surface area contributed by atoms with Gasteiger partial charge in [0.2, 0.25) is 0 Å². The van der Waals surface area contributed by atoms with Crippen LogP contribution in [0.25, 0.3) is 10.9 Å². The molecule has 19 heavy (non-hydrogen) atoms. The van der Waals surface area contributed by atoms with E-state index in [1.165, 1.54) is 6.33 Å². The third kappa shape index (κ3) is 2.61. The minimum Gasteiger partial charge on any atom is -0.399 e. The van der Waals surface area contributed by atoms with Crippen LogP contribution in [0.2, 0.25) is 0 Å². The number of rotatable bonds is 3. The highest BCUT2D eigenvalue weighted by Gasteiger charge is 2.35. The molecule has 0 bridgehead atoms. The molecule has 0 aliphatic carbocycles. The first-order valence-corrected chi connectivity index (χ1v) is 6.21. The number of nitrogens with one attached hydrogen (secondary N) is 1. The van der Waals surface area contributed by atoms with Gasteiger partial charge in [0.05, 0.1) is 16.7 Å². The molecular formula is C14H20N4O. The topological polar surface area (TPSA) is 84.1 Å². The van der Waals surface area contributed by atoms with Gasteiger partial charge in [-0.3, -0.25) is 0 Å². The lowest BCUT2D eigenvalue weighted by Crippen LogP contribution is -2.51. The summed E-state index contributed by atoms with van der Waals surface area (Å²) < 4.78 is 0. The van der Waals surface area contributed by atoms with Crippen molar-refractivity contribution in [3.8, 4) is 0 Å². The van der Waals surface area contributed by atoms with Crippen LogP contribution in [0.1, 0.15) is 27.7 Å². The number of nitrogens with two attached hydrogens (primary N) is 1. The zero-order valence-electron chi connectivity index (χ0n) is 11.7. The molecule has 4 N–H and O–H groups in total. The van der Waals surface area contributed by atoms with Gasteiger partial charge in [0.25, 0.3) is 0 Å². The maximum atomic E-state index is 10.2. The lowest BCUT2D eigenvalue weighted by molar-refractivity contribution is 0.0239. The molecule has 1 aromatic heterocycles. The van der Waals surface area contributed by atoms with Crippen LogP contribution >= 0.6 is 0 Å². The van der Waals surface area contributed by atoms with E-state index in [0.29, 0.717) is 11.5 Å². The minimum atomic E-state index is -0.891. The lowest BCUT2D eigenvalue weighted by atomic mass is 9.86. The van der Waals surface area contributed by atoms with Gasteiger partial charge in [-0.1, -0.05) is 0 Å². The van der Waals surface area contributed by atoms with E-state index >= 15 is 0 Å². The van der Waals surface area contributed by atoms with E-state index < -0.39 is 11.1 Å². The van der Waals surface area contributed by atoms with Gasteiger partial charge in [-0.25, -0.2) is 9.97 Å². The van der Waals surface area contributed by atoms with Crippen molar-refractivity contribution >= 4 is 22.4 Å². The van der Waals surface area contributed by atoms with Crippen LogP contribution in [0.15, 0.2) is 24.5 Å². The zero-order chi connectivity index (χ0) is 14.3. The van der Waals surface area contributed by atoms with Crippen LogP contribution in [-0.2, 0) is 0 Å². The molecule has 0 aliphatic heterocycles. The molecule has 0 unspecified atom stereocenters. The average molecular weight is 260 g/mol. The van der Waals surface area contributed by atoms with Crippen LogP contribution in [0.5, 0.6) is 0 Å². The number of aliphatic hydroxyl groups is 1. The lowest BCUT2D eigenvalue weighted by Gasteiger charge is -2.38. The van der Waals surface area contributed by atoms with Crippen molar-refractivity contribution in [2.75, 3.05) is 11.1 Å². The molecule has 2 rings (SSSR count). The number of aromatic nitrogens is 2. The molecule has 0 radical (unpaired) electrons. The SMILES string of the molecule is CC(C)(O)C(C)(C)Nc1ncnc2cc(N)ccc12. The molecule has 0 saturated heterocycles. The van der Waals surface area contributed by atoms with Gasteiger partial charge in [0, 0.05) is 11.1 Å². The fourth-order valence-electron chi connectivity index (χ4n) is 1.62. The van der Waals surface area contributed by atoms with Gasteiger partial charge in [-0.05, 0) is 45.9 Å². The summed E-state index contributed by atoms with van der Waals surface area (Å²) in [6.07, 6.45) is 1.49. The maximum Gasteiger partial charge on any atom is 0.137 e. The second-order valence-corrected chi connectivity index (χ2v) is 5.81. The summed E-state index contributed by atoms with van der Waals surface area (Å²) in [5.41, 5.74) is 5.77. The molecule has 0 spiro atoms. The Morgan fingerprint density at radius 1 is 1.16 bits per heavy atom. The number of benzene rings is 1. The first-order chi connectivity index (χ1) is 8.71. The summed E-state index contributed by atoms with van der Waals surface area (Å²) in [5, 5.41) is 14.4. The zero-order valence-corrected chi connectivity index (χ0v) is 11.7. The van der Waals surface area contributed by atoms with Crippen molar-refractivity contribution in [3.63, 3.8) is 0 Å². The van der Waals surface area contributed by atoms with Crippen LogP contribution in [0.3, 0.4) is 0 Å². The quantitative estimate of drug-likeness (QED) is 0.737. The number of nitrogen functional groups attached to an aromatic ring is 1. The van der Waals surface area contributed by atoms with E-state index in [9.17, 15) is 5.11 Å². The predicted molar refractivity (Wildman–Crippen MR) is 77.9 cm³/mol. The standard InChI is InChI=1S/C14H20N4O/c1-13(2,14(3,4)19)18-12-10-6-5-9(15)7-11(10)16-8-17-12/h5-8,19H,15H2,1-4H3,(H,16,17,18). The van der Waals surface area contributed by atoms with Crippen LogP contribution in [0.4, 0.5) is 11.5 Å². The van der Waals surface area contributed by atoms with Crippen molar-refractivity contribution < 1.29 is 5.11 Å². The number of nitrogens with zero attached hydrogens (tertiary/aromatic N) is 2. The Morgan fingerprint density at radius 3 is 2.47 bits per heavy atom. The average Bonchev–Trinajstić information content (AvgIpc) is 2.26. The molecule has 102 valence electrons. The summed E-state index contributed by atoms with van der Waals surface area (Å²) in [6, 6.07) is 5.50. The highest BCUT2D eigenvalue weighted by Crippen LogP contribution is 2.28. The molecule has 0 saturated carbocycles. The minimum absolute atomic E-state index is 0.532. The van der Waals surface area contributed by atoms with E-state index in [1.807, 2.05) is 26.0 Å². The Labute approximate surface area is 112 Å². The summed E-state index contributed by atoms with van der Waals surface area (Å²) in [4.78, 5) is 8.46. The third-order valence-electron chi connectivity index (χ3n) is 3.62.